The molecule has 3 saturated carbocycles. The zero-order valence-electron chi connectivity index (χ0n) is 38.7. The molecule has 68 heavy (non-hydrogen) atoms. The van der Waals surface area contributed by atoms with Crippen LogP contribution in [-0.4, -0.2) is 220 Å². The molecule has 0 amide bonds. The highest BCUT2D eigenvalue weighted by molar-refractivity contribution is 5.77. The quantitative estimate of drug-likeness (QED) is 0.0240. The first-order valence-electron chi connectivity index (χ1n) is 23.7. The third-order valence-electron chi connectivity index (χ3n) is 16.2. The maximum Gasteiger partial charge on any atom is 0.338 e. The summed E-state index contributed by atoms with van der Waals surface area (Å²) in [6.07, 6.45) is -26.2. The average Bonchev–Trinajstić information content (AvgIpc) is 4.04. The Kier molecular flexibility index (Phi) is 17.8. The molecule has 0 spiro atoms. The zero-order chi connectivity index (χ0) is 50.3. The van der Waals surface area contributed by atoms with E-state index in [9.17, 15) is 81.1 Å². The highest BCUT2D eigenvalue weighted by atomic mass is 16.8. The van der Waals surface area contributed by atoms with Crippen molar-refractivity contribution >= 4 is 11.9 Å². The molecule has 23 unspecified atom stereocenters. The van der Waals surface area contributed by atoms with Gasteiger partial charge in [-0.25, -0.2) is 4.79 Å². The number of esters is 2. The van der Waals surface area contributed by atoms with E-state index in [2.05, 4.69) is 20.4 Å². The summed E-state index contributed by atoms with van der Waals surface area (Å²) in [5.41, 5.74) is -1.42. The topological polar surface area (TPSA) is 385 Å². The number of rotatable bonds is 20. The van der Waals surface area contributed by atoms with E-state index in [1.165, 1.54) is 0 Å². The first-order valence-corrected chi connectivity index (χ1v) is 23.7. The van der Waals surface area contributed by atoms with Gasteiger partial charge < -0.3 is 105 Å². The molecule has 6 aliphatic rings. The number of fused-ring (bicyclic) bond motifs is 4. The molecular formula is C45H74O23. The van der Waals surface area contributed by atoms with Crippen molar-refractivity contribution in [2.75, 3.05) is 26.4 Å². The van der Waals surface area contributed by atoms with E-state index in [-0.39, 0.29) is 23.7 Å². The highest BCUT2D eigenvalue weighted by Crippen LogP contribution is 2.68. The van der Waals surface area contributed by atoms with Gasteiger partial charge in [0.15, 0.2) is 24.6 Å². The van der Waals surface area contributed by atoms with E-state index < -0.39 is 172 Å². The third kappa shape index (κ3) is 10.4. The summed E-state index contributed by atoms with van der Waals surface area (Å²) in [4.78, 5) is 27.7. The number of carbonyl (C=O) groups is 2. The van der Waals surface area contributed by atoms with Crippen molar-refractivity contribution in [2.45, 2.75) is 202 Å². The molecule has 0 bridgehead atoms. The Bertz CT molecular complexity index is 1720. The second-order valence-corrected chi connectivity index (χ2v) is 20.2. The number of epoxide rings is 1. The van der Waals surface area contributed by atoms with Crippen LogP contribution >= 0.6 is 0 Å². The average molecular weight is 983 g/mol. The van der Waals surface area contributed by atoms with Gasteiger partial charge in [-0.15, -0.1) is 0 Å². The number of aliphatic hydroxyl groups is 14. The van der Waals surface area contributed by atoms with E-state index in [0.29, 0.717) is 50.5 Å². The molecule has 3 heterocycles. The molecule has 23 atom stereocenters. The molecule has 0 aromatic heterocycles. The molecule has 3 aliphatic carbocycles. The van der Waals surface area contributed by atoms with Gasteiger partial charge in [-0.05, 0) is 93.0 Å². The summed E-state index contributed by atoms with van der Waals surface area (Å²) >= 11 is 0. The van der Waals surface area contributed by atoms with Crippen LogP contribution in [0.3, 0.4) is 0 Å². The van der Waals surface area contributed by atoms with Crippen LogP contribution in [0.25, 0.3) is 0 Å². The van der Waals surface area contributed by atoms with Crippen molar-refractivity contribution in [3.63, 3.8) is 0 Å². The fourth-order valence-electron chi connectivity index (χ4n) is 12.3. The fourth-order valence-corrected chi connectivity index (χ4v) is 12.3. The summed E-state index contributed by atoms with van der Waals surface area (Å²) in [6, 6.07) is 0. The predicted octanol–water partition coefficient (Wildman–Crippen LogP) is -3.94. The first kappa shape index (κ1) is 55.2. The van der Waals surface area contributed by atoms with E-state index in [1.807, 2.05) is 6.92 Å². The lowest BCUT2D eigenvalue weighted by Gasteiger charge is -2.63. The van der Waals surface area contributed by atoms with Crippen molar-refractivity contribution in [1.82, 2.24) is 0 Å². The number of hydrogen-bond donors (Lipinski definition) is 14. The largest absolute Gasteiger partial charge is 0.455 e. The molecule has 6 fully saturated rings. The van der Waals surface area contributed by atoms with E-state index in [1.54, 1.807) is 0 Å². The predicted molar refractivity (Wildman–Crippen MR) is 226 cm³/mol. The van der Waals surface area contributed by atoms with Crippen LogP contribution in [-0.2, 0) is 42.7 Å². The minimum Gasteiger partial charge on any atom is -0.455 e. The molecule has 23 heteroatoms. The molecule has 14 N–H and O–H groups in total. The Morgan fingerprint density at radius 1 is 0.779 bits per heavy atom. The standard InChI is InChI=1S/C45H74O23/c1-5-44-14-9-26-42(3,12-6-13-43(26,4)40(60)67-39-33(57)31(55)29(53)24(18-48)63-39)27(44)8-7-23(20(2)17-44)62-38(59)35(66-41-45(61)36(68-45)30(54)25(19-49)64-41)34(22(51)11-16-47)65-37(58)32(56)28(52)21(50)10-15-46/h21-36,38-39,41,46-57,59,61H,2,5-19H2,1,3-4H3. The number of ether oxygens (including phenoxy) is 7. The maximum atomic E-state index is 14.3. The number of carbonyl (C=O) groups excluding carboxylic acids is 2. The monoisotopic (exact) mass is 982 g/mol. The minimum atomic E-state index is -2.48. The molecular weight excluding hydrogens is 908 g/mol. The van der Waals surface area contributed by atoms with Crippen LogP contribution in [0, 0.1) is 28.1 Å². The molecule has 3 saturated heterocycles. The summed E-state index contributed by atoms with van der Waals surface area (Å²) in [6.45, 7) is 7.59. The van der Waals surface area contributed by atoms with Crippen molar-refractivity contribution < 1.29 is 114 Å². The molecule has 6 rings (SSSR count). The van der Waals surface area contributed by atoms with Crippen molar-refractivity contribution in [3.8, 4) is 0 Å². The second-order valence-electron chi connectivity index (χ2n) is 20.2. The van der Waals surface area contributed by atoms with Gasteiger partial charge in [0.25, 0.3) is 0 Å². The van der Waals surface area contributed by atoms with Crippen molar-refractivity contribution in [3.05, 3.63) is 12.2 Å². The zero-order valence-corrected chi connectivity index (χ0v) is 38.7. The van der Waals surface area contributed by atoms with Gasteiger partial charge in [-0.2, -0.15) is 0 Å². The van der Waals surface area contributed by atoms with Crippen LogP contribution in [0.2, 0.25) is 0 Å². The summed E-state index contributed by atoms with van der Waals surface area (Å²) in [5, 5.41) is 147. The third-order valence-corrected chi connectivity index (χ3v) is 16.2. The fraction of sp³-hybridized carbons (Fsp3) is 0.911. The second kappa shape index (κ2) is 22.0. The molecule has 23 nitrogen and oxygen atoms in total. The van der Waals surface area contributed by atoms with E-state index in [4.69, 9.17) is 33.2 Å². The van der Waals surface area contributed by atoms with Crippen LogP contribution < -0.4 is 0 Å². The van der Waals surface area contributed by atoms with Crippen LogP contribution in [0.5, 0.6) is 0 Å². The first-order chi connectivity index (χ1) is 32.0. The Morgan fingerprint density at radius 3 is 2.06 bits per heavy atom. The minimum absolute atomic E-state index is 0.0715. The van der Waals surface area contributed by atoms with E-state index >= 15 is 0 Å². The lowest BCUT2D eigenvalue weighted by atomic mass is 9.41. The highest BCUT2D eigenvalue weighted by Gasteiger charge is 2.71. The normalized spacial score (nSPS) is 43.5. The van der Waals surface area contributed by atoms with Crippen LogP contribution in [0.4, 0.5) is 0 Å². The maximum absolute atomic E-state index is 14.3. The Morgan fingerprint density at radius 2 is 1.43 bits per heavy atom. The van der Waals surface area contributed by atoms with Gasteiger partial charge in [0.1, 0.15) is 48.8 Å². The smallest absolute Gasteiger partial charge is 0.338 e. The number of aliphatic hydroxyl groups excluding tert-OH is 13. The van der Waals surface area contributed by atoms with Crippen molar-refractivity contribution in [2.24, 2.45) is 28.1 Å². The molecule has 3 aliphatic heterocycles. The van der Waals surface area contributed by atoms with Gasteiger partial charge in [-0.3, -0.25) is 4.79 Å². The van der Waals surface area contributed by atoms with Gasteiger partial charge in [0.05, 0.1) is 36.9 Å². The van der Waals surface area contributed by atoms with Gasteiger partial charge in [0.2, 0.25) is 18.4 Å². The van der Waals surface area contributed by atoms with Crippen LogP contribution in [0.15, 0.2) is 12.2 Å². The Balaban J connectivity index is 1.26. The molecule has 0 radical (unpaired) electrons. The molecule has 0 aromatic rings. The van der Waals surface area contributed by atoms with E-state index in [0.717, 1.165) is 6.42 Å². The van der Waals surface area contributed by atoms with Crippen LogP contribution in [0.1, 0.15) is 91.4 Å². The van der Waals surface area contributed by atoms with Crippen molar-refractivity contribution in [1.29, 1.82) is 0 Å². The van der Waals surface area contributed by atoms with Gasteiger partial charge in [0, 0.05) is 19.6 Å². The number of hydrogen-bond acceptors (Lipinski definition) is 23. The Labute approximate surface area is 393 Å². The lowest BCUT2D eigenvalue weighted by molar-refractivity contribution is -0.334. The summed E-state index contributed by atoms with van der Waals surface area (Å²) in [7, 11) is 0. The van der Waals surface area contributed by atoms with Gasteiger partial charge in [-0.1, -0.05) is 26.8 Å². The summed E-state index contributed by atoms with van der Waals surface area (Å²) < 4.78 is 40.0. The molecule has 392 valence electrons. The molecule has 0 aromatic carbocycles. The van der Waals surface area contributed by atoms with Gasteiger partial charge >= 0.3 is 11.9 Å². The SMILES string of the molecule is C=C1CC2(CC)CCC3C(C)(C(=O)OC4OC(CO)C(O)C(O)C4O)CCCC3(C)C2CCC1OC(O)C(OC1OC(CO)C(O)C2OC12O)C(OC(=O)C(O)C(O)C(O)CCO)C(O)CCO. The Hall–Kier alpha value is -2.08. The summed E-state index contributed by atoms with van der Waals surface area (Å²) in [5.74, 6) is -5.00. The lowest BCUT2D eigenvalue weighted by Crippen LogP contribution is -2.61.